The highest BCUT2D eigenvalue weighted by Crippen LogP contribution is 2.33. The molecule has 0 amide bonds. The number of rotatable bonds is 5. The van der Waals surface area contributed by atoms with E-state index in [9.17, 15) is 20.0 Å². The van der Waals surface area contributed by atoms with E-state index in [1.54, 1.807) is 6.92 Å². The largest absolute Gasteiger partial charge is 0.504 e. The summed E-state index contributed by atoms with van der Waals surface area (Å²) in [4.78, 5) is 22.6. The molecule has 1 heterocycles. The number of benzene rings is 1. The van der Waals surface area contributed by atoms with Crippen molar-refractivity contribution < 1.29 is 14.8 Å². The molecule has 110 valence electrons. The lowest BCUT2D eigenvalue weighted by Gasteiger charge is -2.13. The van der Waals surface area contributed by atoms with Crippen LogP contribution in [0, 0.1) is 10.1 Å². The molecular weight excluding hydrogens is 276 g/mol. The Morgan fingerprint density at radius 3 is 2.81 bits per heavy atom. The number of aromatic nitrogens is 1. The summed E-state index contributed by atoms with van der Waals surface area (Å²) < 4.78 is 6.53. The van der Waals surface area contributed by atoms with E-state index >= 15 is 0 Å². The minimum atomic E-state index is -0.552. The fourth-order valence-electron chi connectivity index (χ4n) is 2.10. The van der Waals surface area contributed by atoms with E-state index in [1.807, 2.05) is 0 Å². The number of aryl methyl sites for hydroxylation is 1. The second-order valence-corrected chi connectivity index (χ2v) is 4.29. The second kappa shape index (κ2) is 5.66. The zero-order valence-electron chi connectivity index (χ0n) is 11.4. The summed E-state index contributed by atoms with van der Waals surface area (Å²) in [6.45, 7) is 5.58. The lowest BCUT2D eigenvalue weighted by molar-refractivity contribution is -0.384. The Morgan fingerprint density at radius 1 is 1.52 bits per heavy atom. The van der Waals surface area contributed by atoms with Gasteiger partial charge in [0, 0.05) is 24.1 Å². The van der Waals surface area contributed by atoms with Crippen molar-refractivity contribution in [1.29, 1.82) is 0 Å². The summed E-state index contributed by atoms with van der Waals surface area (Å²) in [5.74, 6) is -0.505. The van der Waals surface area contributed by atoms with Gasteiger partial charge in [0.2, 0.25) is 5.75 Å². The van der Waals surface area contributed by atoms with Crippen LogP contribution in [0.15, 0.2) is 35.6 Å². The molecule has 0 aliphatic rings. The molecular formula is C14H14N2O5. The summed E-state index contributed by atoms with van der Waals surface area (Å²) in [5.41, 5.74) is -0.395. The van der Waals surface area contributed by atoms with Crippen LogP contribution in [0.2, 0.25) is 0 Å². The van der Waals surface area contributed by atoms with Crippen LogP contribution in [-0.2, 0) is 6.54 Å². The van der Waals surface area contributed by atoms with Gasteiger partial charge in [0.15, 0.2) is 5.75 Å². The number of nitrogens with zero attached hydrogens (tertiary/aromatic N) is 2. The average Bonchev–Trinajstić information content (AvgIpc) is 2.47. The Morgan fingerprint density at radius 2 is 2.24 bits per heavy atom. The predicted octanol–water partition coefficient (Wildman–Crippen LogP) is 2.20. The number of nitro groups is 1. The molecule has 0 saturated heterocycles. The topological polar surface area (TPSA) is 94.6 Å². The van der Waals surface area contributed by atoms with Gasteiger partial charge in [0.25, 0.3) is 11.2 Å². The van der Waals surface area contributed by atoms with E-state index < -0.39 is 10.5 Å². The zero-order chi connectivity index (χ0) is 15.6. The van der Waals surface area contributed by atoms with Gasteiger partial charge in [-0.15, -0.1) is 0 Å². The van der Waals surface area contributed by atoms with Gasteiger partial charge in [-0.25, -0.2) is 0 Å². The molecule has 0 unspecified atom stereocenters. The quantitative estimate of drug-likeness (QED) is 0.517. The van der Waals surface area contributed by atoms with Gasteiger partial charge in [-0.2, -0.15) is 0 Å². The number of hydrogen-bond acceptors (Lipinski definition) is 5. The van der Waals surface area contributed by atoms with Crippen LogP contribution in [-0.4, -0.2) is 21.2 Å². The van der Waals surface area contributed by atoms with Crippen molar-refractivity contribution in [3.63, 3.8) is 0 Å². The summed E-state index contributed by atoms with van der Waals surface area (Å²) in [7, 11) is 0. The van der Waals surface area contributed by atoms with Crippen LogP contribution in [0.3, 0.4) is 0 Å². The summed E-state index contributed by atoms with van der Waals surface area (Å²) >= 11 is 0. The number of nitro benzene ring substituents is 1. The van der Waals surface area contributed by atoms with Crippen LogP contribution in [0.4, 0.5) is 5.69 Å². The van der Waals surface area contributed by atoms with Crippen molar-refractivity contribution >= 4 is 16.6 Å². The molecule has 0 saturated carbocycles. The summed E-state index contributed by atoms with van der Waals surface area (Å²) in [6, 6.07) is 3.93. The molecule has 0 atom stereocenters. The van der Waals surface area contributed by atoms with Crippen LogP contribution in [0.5, 0.6) is 11.5 Å². The third-order valence-corrected chi connectivity index (χ3v) is 3.05. The third kappa shape index (κ3) is 2.45. The van der Waals surface area contributed by atoms with Gasteiger partial charge in [-0.3, -0.25) is 14.9 Å². The van der Waals surface area contributed by atoms with Crippen LogP contribution in [0.1, 0.15) is 6.92 Å². The zero-order valence-corrected chi connectivity index (χ0v) is 11.4. The van der Waals surface area contributed by atoms with Gasteiger partial charge in [0.05, 0.1) is 10.4 Å². The minimum Gasteiger partial charge on any atom is -0.504 e. The average molecular weight is 290 g/mol. The van der Waals surface area contributed by atoms with Gasteiger partial charge in [-0.1, -0.05) is 12.7 Å². The van der Waals surface area contributed by atoms with Crippen molar-refractivity contribution in [2.45, 2.75) is 13.5 Å². The first kappa shape index (κ1) is 14.6. The molecule has 0 spiro atoms. The number of aromatic hydroxyl groups is 1. The smallest absolute Gasteiger partial charge is 0.297 e. The van der Waals surface area contributed by atoms with Crippen molar-refractivity contribution in [2.75, 3.05) is 6.61 Å². The normalized spacial score (nSPS) is 10.5. The Hall–Kier alpha value is -2.83. The molecule has 0 radical (unpaired) electrons. The molecule has 1 N–H and O–H groups in total. The third-order valence-electron chi connectivity index (χ3n) is 3.05. The highest BCUT2D eigenvalue weighted by atomic mass is 16.6. The number of fused-ring (bicyclic) bond motifs is 1. The standard InChI is InChI=1S/C14H14N2O5/c1-3-7-21-13-12(17)10-6-5-9(16(19)20)8-11(10)15(4-2)14(13)18/h3,5-6,8,17H,1,4,7H2,2H3. The van der Waals surface area contributed by atoms with E-state index in [4.69, 9.17) is 4.74 Å². The van der Waals surface area contributed by atoms with E-state index in [0.29, 0.717) is 17.4 Å². The molecule has 2 rings (SSSR count). The highest BCUT2D eigenvalue weighted by Gasteiger charge is 2.19. The Kier molecular flexibility index (Phi) is 3.93. The first-order chi connectivity index (χ1) is 10.0. The van der Waals surface area contributed by atoms with Crippen molar-refractivity contribution in [1.82, 2.24) is 4.57 Å². The van der Waals surface area contributed by atoms with E-state index in [2.05, 4.69) is 6.58 Å². The molecule has 1 aromatic carbocycles. The SMILES string of the molecule is C=CCOc1c(O)c2ccc([N+](=O)[O-])cc2n(CC)c1=O. The molecule has 0 aliphatic heterocycles. The molecule has 7 heteroatoms. The molecule has 0 fully saturated rings. The van der Waals surface area contributed by atoms with Gasteiger partial charge < -0.3 is 14.4 Å². The van der Waals surface area contributed by atoms with Gasteiger partial charge in [0.1, 0.15) is 6.61 Å². The highest BCUT2D eigenvalue weighted by molar-refractivity contribution is 5.89. The number of hydrogen-bond donors (Lipinski definition) is 1. The van der Waals surface area contributed by atoms with E-state index in [1.165, 1.54) is 28.8 Å². The first-order valence-corrected chi connectivity index (χ1v) is 6.28. The number of pyridine rings is 1. The van der Waals surface area contributed by atoms with Crippen LogP contribution in [0.25, 0.3) is 10.9 Å². The maximum Gasteiger partial charge on any atom is 0.297 e. The van der Waals surface area contributed by atoms with E-state index in [-0.39, 0.29) is 23.8 Å². The predicted molar refractivity (Wildman–Crippen MR) is 77.9 cm³/mol. The number of ether oxygens (including phenoxy) is 1. The summed E-state index contributed by atoms with van der Waals surface area (Å²) in [6.07, 6.45) is 1.45. The van der Waals surface area contributed by atoms with E-state index in [0.717, 1.165) is 0 Å². The number of non-ortho nitro benzene ring substituents is 1. The van der Waals surface area contributed by atoms with Crippen molar-refractivity contribution in [3.8, 4) is 11.5 Å². The Labute approximate surface area is 119 Å². The molecule has 2 aromatic rings. The molecule has 0 aliphatic carbocycles. The maximum absolute atomic E-state index is 12.3. The first-order valence-electron chi connectivity index (χ1n) is 6.28. The second-order valence-electron chi connectivity index (χ2n) is 4.29. The maximum atomic E-state index is 12.3. The summed E-state index contributed by atoms with van der Waals surface area (Å²) in [5, 5.41) is 21.3. The lowest BCUT2D eigenvalue weighted by atomic mass is 10.1. The molecule has 21 heavy (non-hydrogen) atoms. The van der Waals surface area contributed by atoms with Crippen molar-refractivity contribution in [3.05, 3.63) is 51.3 Å². The van der Waals surface area contributed by atoms with Gasteiger partial charge >= 0.3 is 0 Å². The molecule has 7 nitrogen and oxygen atoms in total. The van der Waals surface area contributed by atoms with Crippen LogP contribution < -0.4 is 10.3 Å². The molecule has 1 aromatic heterocycles. The Bertz CT molecular complexity index is 779. The fraction of sp³-hybridized carbons (Fsp3) is 0.214. The Balaban J connectivity index is 2.82. The van der Waals surface area contributed by atoms with Crippen molar-refractivity contribution in [2.24, 2.45) is 0 Å². The fourth-order valence-corrected chi connectivity index (χ4v) is 2.10. The monoisotopic (exact) mass is 290 g/mol. The van der Waals surface area contributed by atoms with Gasteiger partial charge in [-0.05, 0) is 13.0 Å². The molecule has 0 bridgehead atoms. The van der Waals surface area contributed by atoms with Crippen LogP contribution >= 0.6 is 0 Å². The lowest BCUT2D eigenvalue weighted by Crippen LogP contribution is -2.22. The minimum absolute atomic E-state index is 0.0744.